The lowest BCUT2D eigenvalue weighted by Gasteiger charge is -2.15. The predicted molar refractivity (Wildman–Crippen MR) is 75.8 cm³/mol. The number of aromatic carboxylic acids is 1. The maximum absolute atomic E-state index is 11.8. The van der Waals surface area contributed by atoms with Crippen molar-refractivity contribution in [2.75, 3.05) is 19.1 Å². The molecular weight excluding hydrogens is 298 g/mol. The minimum atomic E-state index is -3.07. The van der Waals surface area contributed by atoms with Crippen molar-refractivity contribution in [3.05, 3.63) is 23.2 Å². The first-order valence-corrected chi connectivity index (χ1v) is 8.40. The third-order valence-corrected chi connectivity index (χ3v) is 3.95. The van der Waals surface area contributed by atoms with E-state index < -0.39 is 15.8 Å². The van der Waals surface area contributed by atoms with E-state index >= 15 is 0 Å². The molecule has 0 saturated carbocycles. The van der Waals surface area contributed by atoms with Crippen molar-refractivity contribution in [1.29, 1.82) is 0 Å². The summed E-state index contributed by atoms with van der Waals surface area (Å²) in [6, 6.07) is 1.39. The van der Waals surface area contributed by atoms with Crippen molar-refractivity contribution in [2.45, 2.75) is 26.3 Å². The topological polar surface area (TPSA) is 105 Å². The van der Waals surface area contributed by atoms with Crippen LogP contribution in [0.15, 0.2) is 10.5 Å². The van der Waals surface area contributed by atoms with Crippen molar-refractivity contribution >= 4 is 21.7 Å². The van der Waals surface area contributed by atoms with E-state index in [0.29, 0.717) is 5.76 Å². The number of aryl methyl sites for hydroxylation is 1. The molecule has 1 heterocycles. The number of hydrogen-bond donors (Lipinski definition) is 1. The molecule has 21 heavy (non-hydrogen) atoms. The lowest BCUT2D eigenvalue weighted by molar-refractivity contribution is -0.130. The number of sulfone groups is 1. The minimum Gasteiger partial charge on any atom is -0.478 e. The molecule has 0 bridgehead atoms. The van der Waals surface area contributed by atoms with Crippen LogP contribution < -0.4 is 0 Å². The van der Waals surface area contributed by atoms with Gasteiger partial charge in [0.1, 0.15) is 26.9 Å². The molecule has 0 aliphatic carbocycles. The SMILES string of the molecule is Cc1oc(CN(C)C(=O)CCCS(C)(=O)=O)cc1C(=O)O. The van der Waals surface area contributed by atoms with Gasteiger partial charge in [-0.1, -0.05) is 0 Å². The summed E-state index contributed by atoms with van der Waals surface area (Å²) in [7, 11) is -1.51. The van der Waals surface area contributed by atoms with Crippen LogP contribution in [0.1, 0.15) is 34.7 Å². The van der Waals surface area contributed by atoms with Crippen LogP contribution >= 0.6 is 0 Å². The molecule has 0 unspecified atom stereocenters. The molecule has 0 atom stereocenters. The van der Waals surface area contributed by atoms with Crippen LogP contribution in [-0.2, 0) is 21.2 Å². The second-order valence-corrected chi connectivity index (χ2v) is 7.23. The molecule has 7 nitrogen and oxygen atoms in total. The van der Waals surface area contributed by atoms with Gasteiger partial charge in [-0.05, 0) is 19.4 Å². The van der Waals surface area contributed by atoms with Crippen LogP contribution in [0.4, 0.5) is 0 Å². The predicted octanol–water partition coefficient (Wildman–Crippen LogP) is 1.07. The Morgan fingerprint density at radius 1 is 1.38 bits per heavy atom. The molecule has 0 radical (unpaired) electrons. The van der Waals surface area contributed by atoms with Crippen LogP contribution in [0.2, 0.25) is 0 Å². The van der Waals surface area contributed by atoms with Gasteiger partial charge < -0.3 is 14.4 Å². The summed E-state index contributed by atoms with van der Waals surface area (Å²) in [5.41, 5.74) is 0.0722. The average Bonchev–Trinajstić information content (AvgIpc) is 2.68. The van der Waals surface area contributed by atoms with Gasteiger partial charge in [-0.2, -0.15) is 0 Å². The maximum atomic E-state index is 11.8. The number of carboxylic acid groups (broad SMARTS) is 1. The molecule has 0 aliphatic rings. The Hall–Kier alpha value is -1.83. The molecule has 0 spiro atoms. The molecule has 0 aromatic carbocycles. The summed E-state index contributed by atoms with van der Waals surface area (Å²) in [6.07, 6.45) is 1.51. The van der Waals surface area contributed by atoms with E-state index in [1.165, 1.54) is 11.0 Å². The number of carbonyl (C=O) groups excluding carboxylic acids is 1. The monoisotopic (exact) mass is 317 g/mol. The zero-order valence-electron chi connectivity index (χ0n) is 12.2. The van der Waals surface area contributed by atoms with E-state index in [0.717, 1.165) is 6.26 Å². The normalized spacial score (nSPS) is 11.4. The maximum Gasteiger partial charge on any atom is 0.339 e. The fourth-order valence-electron chi connectivity index (χ4n) is 1.83. The van der Waals surface area contributed by atoms with Crippen molar-refractivity contribution < 1.29 is 27.5 Å². The zero-order chi connectivity index (χ0) is 16.2. The molecule has 118 valence electrons. The second-order valence-electron chi connectivity index (χ2n) is 4.97. The molecule has 0 fully saturated rings. The first kappa shape index (κ1) is 17.2. The molecule has 1 amide bonds. The highest BCUT2D eigenvalue weighted by Crippen LogP contribution is 2.16. The van der Waals surface area contributed by atoms with Crippen molar-refractivity contribution in [3.8, 4) is 0 Å². The van der Waals surface area contributed by atoms with E-state index in [1.807, 2.05) is 0 Å². The molecule has 8 heteroatoms. The van der Waals surface area contributed by atoms with Gasteiger partial charge in [-0.15, -0.1) is 0 Å². The summed E-state index contributed by atoms with van der Waals surface area (Å²) in [4.78, 5) is 24.1. The molecule has 1 rings (SSSR count). The molecule has 1 aromatic rings. The Morgan fingerprint density at radius 3 is 2.48 bits per heavy atom. The van der Waals surface area contributed by atoms with Crippen LogP contribution in [0, 0.1) is 6.92 Å². The van der Waals surface area contributed by atoms with Gasteiger partial charge >= 0.3 is 5.97 Å². The first-order valence-electron chi connectivity index (χ1n) is 6.34. The highest BCUT2D eigenvalue weighted by Gasteiger charge is 2.17. The second kappa shape index (κ2) is 6.75. The van der Waals surface area contributed by atoms with Crippen LogP contribution in [-0.4, -0.2) is 49.4 Å². The number of hydrogen-bond acceptors (Lipinski definition) is 5. The Labute approximate surface area is 123 Å². The largest absolute Gasteiger partial charge is 0.478 e. The number of carboxylic acids is 1. The van der Waals surface area contributed by atoms with Gasteiger partial charge in [0.2, 0.25) is 5.91 Å². The standard InChI is InChI=1S/C13H19NO6S/c1-9-11(13(16)17)7-10(20-9)8-14(2)12(15)5-4-6-21(3,18)19/h7H,4-6,8H2,1-3H3,(H,16,17). The van der Waals surface area contributed by atoms with E-state index in [2.05, 4.69) is 0 Å². The molecule has 1 aromatic heterocycles. The Morgan fingerprint density at radius 2 is 2.00 bits per heavy atom. The van der Waals surface area contributed by atoms with Crippen molar-refractivity contribution in [1.82, 2.24) is 4.90 Å². The van der Waals surface area contributed by atoms with E-state index in [1.54, 1.807) is 14.0 Å². The molecule has 0 aliphatic heterocycles. The van der Waals surface area contributed by atoms with Gasteiger partial charge in [0, 0.05) is 19.7 Å². The van der Waals surface area contributed by atoms with Crippen molar-refractivity contribution in [2.24, 2.45) is 0 Å². The van der Waals surface area contributed by atoms with Crippen LogP contribution in [0.3, 0.4) is 0 Å². The zero-order valence-corrected chi connectivity index (χ0v) is 13.1. The smallest absolute Gasteiger partial charge is 0.339 e. The van der Waals surface area contributed by atoms with Gasteiger partial charge in [0.25, 0.3) is 0 Å². The van der Waals surface area contributed by atoms with E-state index in [-0.39, 0.29) is 42.4 Å². The van der Waals surface area contributed by atoms with E-state index in [4.69, 9.17) is 9.52 Å². The van der Waals surface area contributed by atoms with Crippen molar-refractivity contribution in [3.63, 3.8) is 0 Å². The third kappa shape index (κ3) is 5.58. The van der Waals surface area contributed by atoms with Crippen LogP contribution in [0.5, 0.6) is 0 Å². The number of amides is 1. The Balaban J connectivity index is 2.56. The molecule has 1 N–H and O–H groups in total. The summed E-state index contributed by atoms with van der Waals surface area (Å²) >= 11 is 0. The first-order chi connectivity index (χ1) is 9.60. The Kier molecular flexibility index (Phi) is 5.54. The van der Waals surface area contributed by atoms with Crippen LogP contribution in [0.25, 0.3) is 0 Å². The summed E-state index contributed by atoms with van der Waals surface area (Å²) in [6.45, 7) is 1.69. The number of furan rings is 1. The number of rotatable bonds is 7. The van der Waals surface area contributed by atoms with Gasteiger partial charge in [-0.25, -0.2) is 13.2 Å². The summed E-state index contributed by atoms with van der Waals surface area (Å²) in [5.74, 6) is -0.663. The molecule has 0 saturated heterocycles. The summed E-state index contributed by atoms with van der Waals surface area (Å²) in [5, 5.41) is 8.92. The average molecular weight is 317 g/mol. The lowest BCUT2D eigenvalue weighted by atomic mass is 10.2. The minimum absolute atomic E-state index is 0.0321. The number of carbonyl (C=O) groups is 2. The van der Waals surface area contributed by atoms with Gasteiger partial charge in [-0.3, -0.25) is 4.79 Å². The van der Waals surface area contributed by atoms with Gasteiger partial charge in [0.05, 0.1) is 12.3 Å². The fourth-order valence-corrected chi connectivity index (χ4v) is 2.50. The highest BCUT2D eigenvalue weighted by molar-refractivity contribution is 7.90. The lowest BCUT2D eigenvalue weighted by Crippen LogP contribution is -2.26. The van der Waals surface area contributed by atoms with Gasteiger partial charge in [0.15, 0.2) is 0 Å². The highest BCUT2D eigenvalue weighted by atomic mass is 32.2. The third-order valence-electron chi connectivity index (χ3n) is 2.92. The quantitative estimate of drug-likeness (QED) is 0.806. The van der Waals surface area contributed by atoms with E-state index in [9.17, 15) is 18.0 Å². The summed E-state index contributed by atoms with van der Waals surface area (Å²) < 4.78 is 27.2. The molecular formula is C13H19NO6S. The number of nitrogens with zero attached hydrogens (tertiary/aromatic N) is 1. The Bertz CT molecular complexity index is 631. The fraction of sp³-hybridized carbons (Fsp3) is 0.538.